The molecule has 0 bridgehead atoms. The summed E-state index contributed by atoms with van der Waals surface area (Å²) in [5.74, 6) is 0.508. The number of nitrogen functional groups attached to an aromatic ring is 1. The Bertz CT molecular complexity index is 570. The van der Waals surface area contributed by atoms with E-state index >= 15 is 0 Å². The van der Waals surface area contributed by atoms with Crippen LogP contribution in [0.1, 0.15) is 25.1 Å². The Morgan fingerprint density at radius 3 is 2.70 bits per heavy atom. The maximum atomic E-state index is 5.63. The van der Waals surface area contributed by atoms with E-state index in [1.807, 2.05) is 32.9 Å². The highest BCUT2D eigenvalue weighted by molar-refractivity contribution is 5.33. The highest BCUT2D eigenvalue weighted by Gasteiger charge is 2.07. The molecule has 0 saturated heterocycles. The quantitative estimate of drug-likeness (QED) is 0.853. The molecule has 7 heteroatoms. The number of nitrogens with zero attached hydrogens (tertiary/aromatic N) is 4. The van der Waals surface area contributed by atoms with Crippen molar-refractivity contribution in [3.63, 3.8) is 0 Å². The summed E-state index contributed by atoms with van der Waals surface area (Å²) in [5.41, 5.74) is 7.64. The minimum atomic E-state index is -0.0223. The van der Waals surface area contributed by atoms with Crippen LogP contribution in [0.2, 0.25) is 0 Å². The Hall–Kier alpha value is -2.44. The molecule has 0 aliphatic carbocycles. The van der Waals surface area contributed by atoms with Gasteiger partial charge in [-0.15, -0.1) is 0 Å². The summed E-state index contributed by atoms with van der Waals surface area (Å²) in [4.78, 5) is 16.3. The molecule has 7 nitrogen and oxygen atoms in total. The SMILES string of the molecule is Cc1ccc(CNc2nc(N)nc(OC(C)C)n2)cn1. The van der Waals surface area contributed by atoms with Crippen molar-refractivity contribution in [1.82, 2.24) is 19.9 Å². The first-order valence-corrected chi connectivity index (χ1v) is 6.36. The predicted octanol–water partition coefficient (Wildman–Crippen LogP) is 1.56. The monoisotopic (exact) mass is 274 g/mol. The van der Waals surface area contributed by atoms with Crippen LogP contribution in [0.5, 0.6) is 6.01 Å². The predicted molar refractivity (Wildman–Crippen MR) is 76.3 cm³/mol. The number of rotatable bonds is 5. The number of aromatic nitrogens is 4. The van der Waals surface area contributed by atoms with Gasteiger partial charge < -0.3 is 15.8 Å². The summed E-state index contributed by atoms with van der Waals surface area (Å²) >= 11 is 0. The van der Waals surface area contributed by atoms with Crippen molar-refractivity contribution >= 4 is 11.9 Å². The van der Waals surface area contributed by atoms with Crippen LogP contribution >= 0.6 is 0 Å². The number of hydrogen-bond acceptors (Lipinski definition) is 7. The molecule has 0 fully saturated rings. The Balaban J connectivity index is 2.05. The Labute approximate surface area is 117 Å². The molecule has 0 aromatic carbocycles. The lowest BCUT2D eigenvalue weighted by Crippen LogP contribution is -2.13. The standard InChI is InChI=1S/C13H18N6O/c1-8(2)20-13-18-11(14)17-12(19-13)16-7-10-5-4-9(3)15-6-10/h4-6,8H,7H2,1-3H3,(H3,14,16,17,18,19). The van der Waals surface area contributed by atoms with Gasteiger partial charge in [0.25, 0.3) is 0 Å². The van der Waals surface area contributed by atoms with Gasteiger partial charge in [0.2, 0.25) is 11.9 Å². The number of ether oxygens (including phenoxy) is 1. The van der Waals surface area contributed by atoms with E-state index in [2.05, 4.69) is 25.3 Å². The Morgan fingerprint density at radius 2 is 2.05 bits per heavy atom. The first kappa shape index (κ1) is 14.0. The molecule has 0 aliphatic rings. The van der Waals surface area contributed by atoms with Crippen molar-refractivity contribution in [2.75, 3.05) is 11.1 Å². The fourth-order valence-corrected chi connectivity index (χ4v) is 1.50. The van der Waals surface area contributed by atoms with Crippen molar-refractivity contribution in [3.8, 4) is 6.01 Å². The number of nitrogens with two attached hydrogens (primary N) is 1. The number of aryl methyl sites for hydroxylation is 1. The zero-order valence-electron chi connectivity index (χ0n) is 11.8. The van der Waals surface area contributed by atoms with E-state index in [9.17, 15) is 0 Å². The van der Waals surface area contributed by atoms with Gasteiger partial charge in [-0.3, -0.25) is 4.98 Å². The van der Waals surface area contributed by atoms with E-state index in [1.54, 1.807) is 6.20 Å². The minimum Gasteiger partial charge on any atom is -0.461 e. The zero-order valence-corrected chi connectivity index (χ0v) is 11.8. The van der Waals surface area contributed by atoms with Crippen LogP contribution in [0.15, 0.2) is 18.3 Å². The second-order valence-electron chi connectivity index (χ2n) is 4.63. The van der Waals surface area contributed by atoms with Gasteiger partial charge in [0.1, 0.15) is 0 Å². The molecule has 20 heavy (non-hydrogen) atoms. The number of anilines is 2. The van der Waals surface area contributed by atoms with Gasteiger partial charge in [-0.25, -0.2) is 0 Å². The summed E-state index contributed by atoms with van der Waals surface area (Å²) in [7, 11) is 0. The fourth-order valence-electron chi connectivity index (χ4n) is 1.50. The highest BCUT2D eigenvalue weighted by Crippen LogP contribution is 2.11. The summed E-state index contributed by atoms with van der Waals surface area (Å²) in [6.07, 6.45) is 1.78. The number of pyridine rings is 1. The Kier molecular flexibility index (Phi) is 4.29. The third kappa shape index (κ3) is 4.04. The molecule has 2 aromatic rings. The number of nitrogens with one attached hydrogen (secondary N) is 1. The molecule has 0 amide bonds. The molecule has 0 spiro atoms. The topological polar surface area (TPSA) is 98.8 Å². The molecule has 0 aliphatic heterocycles. The molecule has 2 aromatic heterocycles. The van der Waals surface area contributed by atoms with Crippen LogP contribution in [-0.4, -0.2) is 26.0 Å². The Morgan fingerprint density at radius 1 is 1.25 bits per heavy atom. The largest absolute Gasteiger partial charge is 0.461 e. The van der Waals surface area contributed by atoms with Gasteiger partial charge in [0.05, 0.1) is 6.10 Å². The molecule has 106 valence electrons. The van der Waals surface area contributed by atoms with Crippen LogP contribution < -0.4 is 15.8 Å². The number of hydrogen-bond donors (Lipinski definition) is 2. The van der Waals surface area contributed by atoms with Crippen molar-refractivity contribution in [3.05, 3.63) is 29.6 Å². The van der Waals surface area contributed by atoms with Crippen LogP contribution in [-0.2, 0) is 6.54 Å². The first-order valence-electron chi connectivity index (χ1n) is 6.36. The van der Waals surface area contributed by atoms with Crippen LogP contribution in [0.4, 0.5) is 11.9 Å². The van der Waals surface area contributed by atoms with Crippen LogP contribution in [0, 0.1) is 6.92 Å². The van der Waals surface area contributed by atoms with E-state index in [4.69, 9.17) is 10.5 Å². The average molecular weight is 274 g/mol. The third-order valence-electron chi connectivity index (χ3n) is 2.40. The zero-order chi connectivity index (χ0) is 14.5. The molecule has 2 heterocycles. The van der Waals surface area contributed by atoms with Crippen molar-refractivity contribution < 1.29 is 4.74 Å². The molecule has 0 saturated carbocycles. The molecule has 0 atom stereocenters. The molecule has 2 rings (SSSR count). The van der Waals surface area contributed by atoms with Gasteiger partial charge in [-0.1, -0.05) is 6.07 Å². The normalized spacial score (nSPS) is 10.6. The van der Waals surface area contributed by atoms with Gasteiger partial charge in [0.15, 0.2) is 0 Å². The fraction of sp³-hybridized carbons (Fsp3) is 0.385. The second kappa shape index (κ2) is 6.14. The molecular weight excluding hydrogens is 256 g/mol. The summed E-state index contributed by atoms with van der Waals surface area (Å²) in [6.45, 7) is 6.29. The van der Waals surface area contributed by atoms with E-state index in [-0.39, 0.29) is 18.1 Å². The first-order chi connectivity index (χ1) is 9.52. The van der Waals surface area contributed by atoms with E-state index in [1.165, 1.54) is 0 Å². The van der Waals surface area contributed by atoms with Gasteiger partial charge in [-0.05, 0) is 32.4 Å². The van der Waals surface area contributed by atoms with Gasteiger partial charge in [0, 0.05) is 18.4 Å². The molecule has 3 N–H and O–H groups in total. The van der Waals surface area contributed by atoms with E-state index in [0.717, 1.165) is 11.3 Å². The summed E-state index contributed by atoms with van der Waals surface area (Å²) in [5, 5.41) is 3.07. The third-order valence-corrected chi connectivity index (χ3v) is 2.40. The summed E-state index contributed by atoms with van der Waals surface area (Å²) in [6, 6.07) is 4.16. The highest BCUT2D eigenvalue weighted by atomic mass is 16.5. The van der Waals surface area contributed by atoms with Crippen molar-refractivity contribution in [2.45, 2.75) is 33.4 Å². The average Bonchev–Trinajstić information content (AvgIpc) is 2.36. The maximum Gasteiger partial charge on any atom is 0.323 e. The summed E-state index contributed by atoms with van der Waals surface area (Å²) < 4.78 is 5.41. The molecular formula is C13H18N6O. The van der Waals surface area contributed by atoms with Gasteiger partial charge in [-0.2, -0.15) is 15.0 Å². The maximum absolute atomic E-state index is 5.63. The minimum absolute atomic E-state index is 0.0223. The molecule has 0 radical (unpaired) electrons. The molecule has 0 unspecified atom stereocenters. The van der Waals surface area contributed by atoms with Crippen molar-refractivity contribution in [2.24, 2.45) is 0 Å². The van der Waals surface area contributed by atoms with Crippen molar-refractivity contribution in [1.29, 1.82) is 0 Å². The van der Waals surface area contributed by atoms with Crippen LogP contribution in [0.3, 0.4) is 0 Å². The van der Waals surface area contributed by atoms with E-state index in [0.29, 0.717) is 12.5 Å². The lowest BCUT2D eigenvalue weighted by molar-refractivity contribution is 0.222. The van der Waals surface area contributed by atoms with Gasteiger partial charge >= 0.3 is 6.01 Å². The van der Waals surface area contributed by atoms with E-state index < -0.39 is 0 Å². The van der Waals surface area contributed by atoms with Crippen LogP contribution in [0.25, 0.3) is 0 Å². The lowest BCUT2D eigenvalue weighted by Gasteiger charge is -2.10. The smallest absolute Gasteiger partial charge is 0.323 e. The lowest BCUT2D eigenvalue weighted by atomic mass is 10.2. The second-order valence-corrected chi connectivity index (χ2v) is 4.63.